The predicted octanol–water partition coefficient (Wildman–Crippen LogP) is 4.88. The highest BCUT2D eigenvalue weighted by Gasteiger charge is 2.37. The Kier molecular flexibility index (Phi) is 6.79. The summed E-state index contributed by atoms with van der Waals surface area (Å²) in [4.78, 5) is 33.5. The van der Waals surface area contributed by atoms with Gasteiger partial charge in [-0.1, -0.05) is 18.2 Å². The van der Waals surface area contributed by atoms with Crippen molar-refractivity contribution in [3.63, 3.8) is 0 Å². The fourth-order valence-corrected chi connectivity index (χ4v) is 5.36. The van der Waals surface area contributed by atoms with Crippen LogP contribution >= 0.6 is 0 Å². The number of cyclic esters (lactones) is 1. The number of halogens is 4. The number of ether oxygens (including phenoxy) is 1. The molecule has 0 spiro atoms. The number of aliphatic imine (C=N–C) groups is 1. The van der Waals surface area contributed by atoms with Crippen LogP contribution in [0, 0.1) is 5.82 Å². The first-order valence-corrected chi connectivity index (χ1v) is 12.6. The van der Waals surface area contributed by atoms with Gasteiger partial charge in [-0.2, -0.15) is 13.2 Å². The molecule has 1 aromatic carbocycles. The van der Waals surface area contributed by atoms with Gasteiger partial charge in [0.05, 0.1) is 29.8 Å². The quantitative estimate of drug-likeness (QED) is 0.549. The second-order valence-electron chi connectivity index (χ2n) is 9.96. The van der Waals surface area contributed by atoms with E-state index in [9.17, 15) is 27.2 Å². The molecule has 5 rings (SSSR count). The van der Waals surface area contributed by atoms with E-state index in [2.05, 4.69) is 16.4 Å². The largest absolute Gasteiger partial charge is 0.448 e. The fourth-order valence-electron chi connectivity index (χ4n) is 5.36. The zero-order valence-electron chi connectivity index (χ0n) is 21.0. The Labute approximate surface area is 217 Å². The Hall–Kier alpha value is -3.63. The van der Waals surface area contributed by atoms with Crippen LogP contribution in [0.1, 0.15) is 50.3 Å². The third-order valence-electron chi connectivity index (χ3n) is 7.29. The molecule has 0 saturated carbocycles. The smallest absolute Gasteiger partial charge is 0.419 e. The molecular weight excluding hydrogens is 504 g/mol. The first kappa shape index (κ1) is 26.0. The third-order valence-corrected chi connectivity index (χ3v) is 7.29. The highest BCUT2D eigenvalue weighted by molar-refractivity contribution is 6.22. The van der Waals surface area contributed by atoms with Gasteiger partial charge in [-0.25, -0.2) is 9.18 Å². The maximum atomic E-state index is 14.7. The molecule has 11 heteroatoms. The molecule has 3 aliphatic heterocycles. The minimum Gasteiger partial charge on any atom is -0.448 e. The number of hydrogen-bond donors (Lipinski definition) is 1. The number of carbonyl (C=O) groups is 2. The van der Waals surface area contributed by atoms with Gasteiger partial charge in [-0.3, -0.25) is 9.79 Å². The van der Waals surface area contributed by atoms with Crippen LogP contribution in [0.5, 0.6) is 0 Å². The van der Waals surface area contributed by atoms with Crippen LogP contribution in [0.4, 0.5) is 22.4 Å². The topological polar surface area (TPSA) is 74.2 Å². The average molecular weight is 533 g/mol. The van der Waals surface area contributed by atoms with Crippen LogP contribution in [-0.2, 0) is 15.7 Å². The molecule has 1 unspecified atom stereocenters. The molecule has 1 aromatic rings. The number of amidine groups is 1. The summed E-state index contributed by atoms with van der Waals surface area (Å²) >= 11 is 0. The number of allylic oxidation sites excluding steroid dienone is 3. The van der Waals surface area contributed by atoms with Crippen molar-refractivity contribution < 1.29 is 31.9 Å². The molecule has 202 valence electrons. The maximum absolute atomic E-state index is 14.7. The summed E-state index contributed by atoms with van der Waals surface area (Å²) < 4.78 is 59.3. The van der Waals surface area contributed by atoms with Crippen molar-refractivity contribution in [3.8, 4) is 0 Å². The molecule has 2 amide bonds. The number of alkyl halides is 3. The first-order chi connectivity index (χ1) is 18.0. The van der Waals surface area contributed by atoms with Crippen LogP contribution in [0.15, 0.2) is 58.3 Å². The van der Waals surface area contributed by atoms with Gasteiger partial charge >= 0.3 is 12.3 Å². The van der Waals surface area contributed by atoms with Crippen molar-refractivity contribution in [2.24, 2.45) is 4.99 Å². The number of carbonyl (C=O) groups excluding carboxylic acids is 2. The van der Waals surface area contributed by atoms with E-state index in [0.717, 1.165) is 23.6 Å². The van der Waals surface area contributed by atoms with E-state index in [-0.39, 0.29) is 29.3 Å². The van der Waals surface area contributed by atoms with E-state index in [0.29, 0.717) is 44.4 Å². The molecule has 1 N–H and O–H groups in total. The third kappa shape index (κ3) is 4.93. The highest BCUT2D eigenvalue weighted by Crippen LogP contribution is 2.35. The highest BCUT2D eigenvalue weighted by atomic mass is 19.4. The Balaban J connectivity index is 1.37. The molecule has 1 fully saturated rings. The van der Waals surface area contributed by atoms with Crippen molar-refractivity contribution in [1.82, 2.24) is 15.1 Å². The standard InChI is InChI=1S/C27H28F4N4O3/c1-15-13-34-14-18(17-6-8-19(9-7-17)35-10-11-38-26(35)37)12-21(24(34)32-15)25(36)33-16(2)20-4-3-5-22(23(20)28)27(29,30)31/h3-6,12,14-16,19H,7-11,13H2,1-2H3,(H,33,36)/t15-,16-,19?/m1/s1. The van der Waals surface area contributed by atoms with Gasteiger partial charge in [0.1, 0.15) is 18.3 Å². The predicted molar refractivity (Wildman–Crippen MR) is 132 cm³/mol. The van der Waals surface area contributed by atoms with Gasteiger partial charge in [0.2, 0.25) is 0 Å². The lowest BCUT2D eigenvalue weighted by molar-refractivity contribution is -0.140. The summed E-state index contributed by atoms with van der Waals surface area (Å²) in [7, 11) is 0. The van der Waals surface area contributed by atoms with E-state index in [1.807, 2.05) is 18.0 Å². The van der Waals surface area contributed by atoms with Crippen molar-refractivity contribution in [2.75, 3.05) is 19.7 Å². The number of amides is 2. The Morgan fingerprint density at radius 2 is 2.08 bits per heavy atom. The van der Waals surface area contributed by atoms with E-state index in [1.54, 1.807) is 11.0 Å². The molecule has 0 radical (unpaired) electrons. The van der Waals surface area contributed by atoms with Crippen LogP contribution in [0.3, 0.4) is 0 Å². The van der Waals surface area contributed by atoms with E-state index in [4.69, 9.17) is 4.74 Å². The van der Waals surface area contributed by atoms with Gasteiger partial charge in [0.25, 0.3) is 5.91 Å². The molecule has 1 saturated heterocycles. The number of nitrogens with one attached hydrogen (secondary N) is 1. The molecule has 0 bridgehead atoms. The lowest BCUT2D eigenvalue weighted by atomic mass is 9.88. The molecule has 4 aliphatic rings. The number of nitrogens with zero attached hydrogens (tertiary/aromatic N) is 3. The van der Waals surface area contributed by atoms with Crippen molar-refractivity contribution in [3.05, 3.63) is 70.2 Å². The number of fused-ring (bicyclic) bond motifs is 1. The monoisotopic (exact) mass is 532 g/mol. The molecule has 7 nitrogen and oxygen atoms in total. The first-order valence-electron chi connectivity index (χ1n) is 12.6. The molecule has 1 aliphatic carbocycles. The zero-order chi connectivity index (χ0) is 27.2. The lowest BCUT2D eigenvalue weighted by Crippen LogP contribution is -2.38. The average Bonchev–Trinajstić information content (AvgIpc) is 3.47. The van der Waals surface area contributed by atoms with Crippen LogP contribution < -0.4 is 5.32 Å². The summed E-state index contributed by atoms with van der Waals surface area (Å²) in [5, 5.41) is 2.66. The summed E-state index contributed by atoms with van der Waals surface area (Å²) in [5.74, 6) is -1.47. The minimum absolute atomic E-state index is 0.0546. The summed E-state index contributed by atoms with van der Waals surface area (Å²) in [6, 6.07) is 2.03. The van der Waals surface area contributed by atoms with Gasteiger partial charge < -0.3 is 19.9 Å². The Morgan fingerprint density at radius 1 is 1.29 bits per heavy atom. The van der Waals surface area contributed by atoms with Gasteiger partial charge in [-0.05, 0) is 56.4 Å². The molecule has 3 heterocycles. The molecule has 3 atom stereocenters. The molecule has 38 heavy (non-hydrogen) atoms. The molecule has 0 aromatic heterocycles. The maximum Gasteiger partial charge on any atom is 0.419 e. The minimum atomic E-state index is -4.84. The lowest BCUT2D eigenvalue weighted by Gasteiger charge is -2.31. The van der Waals surface area contributed by atoms with Crippen LogP contribution in [-0.4, -0.2) is 59.4 Å². The second kappa shape index (κ2) is 9.92. The van der Waals surface area contributed by atoms with E-state index < -0.39 is 29.5 Å². The normalized spacial score (nSPS) is 24.2. The number of hydrogen-bond acceptors (Lipinski definition) is 5. The van der Waals surface area contributed by atoms with Gasteiger partial charge in [-0.15, -0.1) is 0 Å². The van der Waals surface area contributed by atoms with Crippen molar-refractivity contribution in [2.45, 2.75) is 57.4 Å². The summed E-state index contributed by atoms with van der Waals surface area (Å²) in [6.07, 6.45) is 2.75. The fraction of sp³-hybridized carbons (Fsp3) is 0.444. The van der Waals surface area contributed by atoms with Crippen LogP contribution in [0.25, 0.3) is 0 Å². The van der Waals surface area contributed by atoms with Gasteiger partial charge in [0.15, 0.2) is 0 Å². The molecular formula is C27H28F4N4O3. The van der Waals surface area contributed by atoms with Crippen molar-refractivity contribution >= 4 is 17.8 Å². The number of benzene rings is 1. The second-order valence-corrected chi connectivity index (χ2v) is 9.96. The van der Waals surface area contributed by atoms with E-state index >= 15 is 0 Å². The zero-order valence-corrected chi connectivity index (χ0v) is 21.0. The van der Waals surface area contributed by atoms with Crippen molar-refractivity contribution in [1.29, 1.82) is 0 Å². The summed E-state index contributed by atoms with van der Waals surface area (Å²) in [5.41, 5.74) is 0.527. The van der Waals surface area contributed by atoms with E-state index in [1.165, 1.54) is 13.0 Å². The summed E-state index contributed by atoms with van der Waals surface area (Å²) in [6.45, 7) is 4.93. The van der Waals surface area contributed by atoms with Crippen LogP contribution in [0.2, 0.25) is 0 Å². The Morgan fingerprint density at radius 3 is 2.74 bits per heavy atom. The number of rotatable bonds is 5. The Bertz CT molecular complexity index is 1280. The van der Waals surface area contributed by atoms with Gasteiger partial charge in [0, 0.05) is 24.4 Å². The SMILES string of the molecule is C[C@@H]1CN2C=C(C3=CCC(N4CCOC4=O)CC3)C=C(C(=O)N[C@H](C)c3cccc(C(F)(F)F)c3F)C2=N1.